The highest BCUT2D eigenvalue weighted by Crippen LogP contribution is 2.35. The van der Waals surface area contributed by atoms with Crippen LogP contribution in [0.3, 0.4) is 0 Å². The third kappa shape index (κ3) is 4.26. The van der Waals surface area contributed by atoms with Gasteiger partial charge in [-0.3, -0.25) is 4.79 Å². The van der Waals surface area contributed by atoms with Gasteiger partial charge in [-0.1, -0.05) is 18.2 Å². The van der Waals surface area contributed by atoms with Crippen LogP contribution < -0.4 is 15.5 Å². The Kier molecular flexibility index (Phi) is 5.43. The van der Waals surface area contributed by atoms with E-state index in [1.165, 1.54) is 13.0 Å². The Labute approximate surface area is 177 Å². The van der Waals surface area contributed by atoms with Crippen molar-refractivity contribution in [2.45, 2.75) is 26.1 Å². The first-order chi connectivity index (χ1) is 14.7. The molecule has 0 radical (unpaired) electrons. The monoisotopic (exact) mass is 429 g/mol. The quantitative estimate of drug-likeness (QED) is 0.655. The SMILES string of the molecule is Cc1c([C@@H](C)Nc2nncc3ccc(N4CCNC(=O)C4)cc23)cccc1C(F)(F)F. The molecule has 1 amide bonds. The van der Waals surface area contributed by atoms with Crippen molar-refractivity contribution in [2.75, 3.05) is 29.9 Å². The van der Waals surface area contributed by atoms with Crippen molar-refractivity contribution in [1.82, 2.24) is 15.5 Å². The van der Waals surface area contributed by atoms with E-state index in [-0.39, 0.29) is 18.0 Å². The fourth-order valence-electron chi connectivity index (χ4n) is 3.94. The molecule has 1 atom stereocenters. The molecule has 0 saturated carbocycles. The van der Waals surface area contributed by atoms with E-state index in [1.807, 2.05) is 23.1 Å². The van der Waals surface area contributed by atoms with Gasteiger partial charge in [0, 0.05) is 29.5 Å². The van der Waals surface area contributed by atoms with Crippen molar-refractivity contribution in [3.63, 3.8) is 0 Å². The summed E-state index contributed by atoms with van der Waals surface area (Å²) < 4.78 is 39.9. The number of amides is 1. The van der Waals surface area contributed by atoms with Gasteiger partial charge >= 0.3 is 6.18 Å². The van der Waals surface area contributed by atoms with Gasteiger partial charge in [0.2, 0.25) is 5.91 Å². The van der Waals surface area contributed by atoms with Gasteiger partial charge in [-0.15, -0.1) is 5.10 Å². The molecule has 0 aliphatic carbocycles. The van der Waals surface area contributed by atoms with E-state index in [1.54, 1.807) is 19.2 Å². The van der Waals surface area contributed by atoms with Crippen molar-refractivity contribution in [3.8, 4) is 0 Å². The molecule has 1 aliphatic heterocycles. The number of anilines is 2. The van der Waals surface area contributed by atoms with E-state index >= 15 is 0 Å². The normalized spacial score (nSPS) is 15.6. The smallest absolute Gasteiger partial charge is 0.362 e. The zero-order valence-corrected chi connectivity index (χ0v) is 17.1. The Morgan fingerprint density at radius 3 is 2.77 bits per heavy atom. The van der Waals surface area contributed by atoms with Gasteiger partial charge in [0.05, 0.1) is 24.3 Å². The lowest BCUT2D eigenvalue weighted by atomic mass is 9.97. The number of halogens is 3. The number of fused-ring (bicyclic) bond motifs is 1. The van der Waals surface area contributed by atoms with Crippen molar-refractivity contribution in [3.05, 3.63) is 59.3 Å². The second-order valence-electron chi connectivity index (χ2n) is 7.62. The van der Waals surface area contributed by atoms with Gasteiger partial charge in [-0.05, 0) is 43.2 Å². The molecule has 2 N–H and O–H groups in total. The second-order valence-corrected chi connectivity index (χ2v) is 7.62. The number of hydrogen-bond acceptors (Lipinski definition) is 5. The number of benzene rings is 2. The Balaban J connectivity index is 1.67. The van der Waals surface area contributed by atoms with Crippen LogP contribution in [-0.2, 0) is 11.0 Å². The molecule has 1 aliphatic rings. The number of hydrogen-bond donors (Lipinski definition) is 2. The third-order valence-corrected chi connectivity index (χ3v) is 5.55. The Bertz CT molecular complexity index is 1130. The van der Waals surface area contributed by atoms with Crippen LogP contribution in [0.2, 0.25) is 0 Å². The Morgan fingerprint density at radius 1 is 1.23 bits per heavy atom. The van der Waals surface area contributed by atoms with Crippen LogP contribution in [0.5, 0.6) is 0 Å². The lowest BCUT2D eigenvalue weighted by Crippen LogP contribution is -2.47. The molecule has 3 aromatic rings. The average Bonchev–Trinajstić information content (AvgIpc) is 2.73. The first-order valence-electron chi connectivity index (χ1n) is 9.94. The fraction of sp³-hybridized carbons (Fsp3) is 0.318. The van der Waals surface area contributed by atoms with Crippen LogP contribution in [0.4, 0.5) is 24.7 Å². The van der Waals surface area contributed by atoms with Gasteiger partial charge in [-0.2, -0.15) is 18.3 Å². The van der Waals surface area contributed by atoms with Gasteiger partial charge < -0.3 is 15.5 Å². The molecule has 6 nitrogen and oxygen atoms in total. The lowest BCUT2D eigenvalue weighted by Gasteiger charge is -2.29. The minimum atomic E-state index is -4.41. The number of nitrogens with one attached hydrogen (secondary N) is 2. The highest BCUT2D eigenvalue weighted by molar-refractivity contribution is 5.94. The van der Waals surface area contributed by atoms with Crippen LogP contribution in [0, 0.1) is 6.92 Å². The number of alkyl halides is 3. The standard InChI is InChI=1S/C22H22F3N5O/c1-13-17(4-3-5-19(13)22(23,24)25)14(2)28-21-18-10-16(7-6-15(18)11-27-29-21)30-9-8-26-20(31)12-30/h3-7,10-11,14H,8-9,12H2,1-2H3,(H,26,31)(H,28,29)/t14-/m1/s1. The van der Waals surface area contributed by atoms with Gasteiger partial charge in [0.15, 0.2) is 5.82 Å². The molecule has 1 saturated heterocycles. The highest BCUT2D eigenvalue weighted by atomic mass is 19.4. The first kappa shape index (κ1) is 20.9. The zero-order chi connectivity index (χ0) is 22.2. The molecule has 1 fully saturated rings. The lowest BCUT2D eigenvalue weighted by molar-refractivity contribution is -0.138. The molecule has 0 unspecified atom stereocenters. The first-order valence-corrected chi connectivity index (χ1v) is 9.94. The number of rotatable bonds is 4. The van der Waals surface area contributed by atoms with Crippen molar-refractivity contribution in [1.29, 1.82) is 0 Å². The predicted molar refractivity (Wildman–Crippen MR) is 113 cm³/mol. The molecule has 9 heteroatoms. The predicted octanol–water partition coefficient (Wildman–Crippen LogP) is 4.07. The van der Waals surface area contributed by atoms with E-state index in [9.17, 15) is 18.0 Å². The van der Waals surface area contributed by atoms with E-state index < -0.39 is 17.8 Å². The zero-order valence-electron chi connectivity index (χ0n) is 17.1. The summed E-state index contributed by atoms with van der Waals surface area (Å²) in [7, 11) is 0. The summed E-state index contributed by atoms with van der Waals surface area (Å²) >= 11 is 0. The molecule has 1 aromatic heterocycles. The molecule has 31 heavy (non-hydrogen) atoms. The Morgan fingerprint density at radius 2 is 2.03 bits per heavy atom. The maximum atomic E-state index is 13.3. The van der Waals surface area contributed by atoms with Crippen LogP contribution in [-0.4, -0.2) is 35.7 Å². The molecule has 4 rings (SSSR count). The Hall–Kier alpha value is -3.36. The summed E-state index contributed by atoms with van der Waals surface area (Å²) in [5.41, 5.74) is 0.954. The van der Waals surface area contributed by atoms with E-state index in [4.69, 9.17) is 0 Å². The molecular formula is C22H22F3N5O. The summed E-state index contributed by atoms with van der Waals surface area (Å²) in [6.45, 7) is 4.81. The van der Waals surface area contributed by atoms with E-state index in [0.717, 1.165) is 22.5 Å². The van der Waals surface area contributed by atoms with Crippen molar-refractivity contribution >= 4 is 28.2 Å². The largest absolute Gasteiger partial charge is 0.416 e. The highest BCUT2D eigenvalue weighted by Gasteiger charge is 2.33. The fourth-order valence-corrected chi connectivity index (χ4v) is 3.94. The van der Waals surface area contributed by atoms with Crippen LogP contribution in [0.1, 0.15) is 29.7 Å². The van der Waals surface area contributed by atoms with Gasteiger partial charge in [0.25, 0.3) is 0 Å². The maximum absolute atomic E-state index is 13.3. The summed E-state index contributed by atoms with van der Waals surface area (Å²) in [6.07, 6.45) is -2.78. The van der Waals surface area contributed by atoms with Crippen LogP contribution in [0.15, 0.2) is 42.6 Å². The number of carbonyl (C=O) groups is 1. The minimum absolute atomic E-state index is 0.0359. The molecule has 0 spiro atoms. The van der Waals surface area contributed by atoms with Crippen LogP contribution >= 0.6 is 0 Å². The van der Waals surface area contributed by atoms with E-state index in [2.05, 4.69) is 20.8 Å². The summed E-state index contributed by atoms with van der Waals surface area (Å²) in [4.78, 5) is 13.7. The number of aromatic nitrogens is 2. The summed E-state index contributed by atoms with van der Waals surface area (Å²) in [5.74, 6) is 0.441. The number of piperazine rings is 1. The molecule has 2 heterocycles. The molecular weight excluding hydrogens is 407 g/mol. The van der Waals surface area contributed by atoms with Crippen LogP contribution in [0.25, 0.3) is 10.8 Å². The molecule has 162 valence electrons. The average molecular weight is 429 g/mol. The van der Waals surface area contributed by atoms with Gasteiger partial charge in [-0.25, -0.2) is 0 Å². The maximum Gasteiger partial charge on any atom is 0.416 e. The van der Waals surface area contributed by atoms with Crippen molar-refractivity contribution in [2.24, 2.45) is 0 Å². The third-order valence-electron chi connectivity index (χ3n) is 5.55. The van der Waals surface area contributed by atoms with E-state index in [0.29, 0.717) is 24.5 Å². The number of carbonyl (C=O) groups excluding carboxylic acids is 1. The minimum Gasteiger partial charge on any atom is -0.362 e. The summed E-state index contributed by atoms with van der Waals surface area (Å²) in [5, 5.41) is 15.9. The molecule has 2 aromatic carbocycles. The summed E-state index contributed by atoms with van der Waals surface area (Å²) in [6, 6.07) is 9.51. The number of nitrogens with zero attached hydrogens (tertiary/aromatic N) is 3. The van der Waals surface area contributed by atoms with Crippen molar-refractivity contribution < 1.29 is 18.0 Å². The second kappa shape index (κ2) is 8.05. The molecule has 0 bridgehead atoms. The van der Waals surface area contributed by atoms with Gasteiger partial charge in [0.1, 0.15) is 0 Å². The topological polar surface area (TPSA) is 70.2 Å².